The molecule has 0 fully saturated rings. The number of allylic oxidation sites excluding steroid dienone is 15. The molecule has 1 N–H and O–H groups in total. The minimum Gasteiger partial charge on any atom is -0.362 e. The minimum atomic E-state index is 0.395. The molecule has 2 atom stereocenters. The van der Waals surface area contributed by atoms with Crippen LogP contribution >= 0.6 is 0 Å². The lowest BCUT2D eigenvalue weighted by molar-refractivity contribution is 0.498. The third kappa shape index (κ3) is 7.49. The second-order valence-corrected chi connectivity index (χ2v) is 12.3. The number of rotatable bonds is 11. The van der Waals surface area contributed by atoms with Gasteiger partial charge in [-0.25, -0.2) is 0 Å². The molecule has 230 valence electrons. The summed E-state index contributed by atoms with van der Waals surface area (Å²) in [6, 6.07) is 28.3. The van der Waals surface area contributed by atoms with Gasteiger partial charge in [-0.3, -0.25) is 0 Å². The molecule has 0 saturated heterocycles. The summed E-state index contributed by atoms with van der Waals surface area (Å²) in [5.41, 5.74) is 12.9. The number of nitrogens with one attached hydrogen (secondary N) is 1. The Bertz CT molecular complexity index is 1750. The summed E-state index contributed by atoms with van der Waals surface area (Å²) in [4.78, 5) is 0. The van der Waals surface area contributed by atoms with Crippen LogP contribution in [0.5, 0.6) is 0 Å². The molecular weight excluding hydrogens is 555 g/mol. The van der Waals surface area contributed by atoms with Crippen molar-refractivity contribution in [1.29, 1.82) is 0 Å². The van der Waals surface area contributed by atoms with Gasteiger partial charge in [-0.05, 0) is 106 Å². The SMILES string of the molecule is C=CC1=C2C=CCCC2=CC(c2ccc(N/C=C/C=C(\C=C/c3ccc(-c4ccccc4)cc3)C3=CCCC=C3)cc2)C1CCC. The average Bonchev–Trinajstić information content (AvgIpc) is 3.12. The van der Waals surface area contributed by atoms with Crippen LogP contribution in [-0.2, 0) is 0 Å². The average molecular weight is 600 g/mol. The third-order valence-corrected chi connectivity index (χ3v) is 9.27. The molecule has 0 aromatic heterocycles. The van der Waals surface area contributed by atoms with Gasteiger partial charge in [0.2, 0.25) is 0 Å². The van der Waals surface area contributed by atoms with Crippen molar-refractivity contribution >= 4 is 11.8 Å². The van der Waals surface area contributed by atoms with Crippen LogP contribution in [0.1, 0.15) is 62.5 Å². The van der Waals surface area contributed by atoms with Crippen LogP contribution in [0.25, 0.3) is 17.2 Å². The molecule has 0 spiro atoms. The van der Waals surface area contributed by atoms with Gasteiger partial charge in [-0.2, -0.15) is 0 Å². The van der Waals surface area contributed by atoms with Crippen LogP contribution in [0.3, 0.4) is 0 Å². The molecule has 0 bridgehead atoms. The summed E-state index contributed by atoms with van der Waals surface area (Å²) in [5, 5.41) is 3.49. The number of anilines is 1. The highest BCUT2D eigenvalue weighted by molar-refractivity contribution is 5.67. The second-order valence-electron chi connectivity index (χ2n) is 12.3. The van der Waals surface area contributed by atoms with E-state index in [1.165, 1.54) is 63.0 Å². The fraction of sp³-hybridized carbons (Fsp3) is 0.200. The Morgan fingerprint density at radius 3 is 2.39 bits per heavy atom. The normalized spacial score (nSPS) is 19.7. The van der Waals surface area contributed by atoms with E-state index in [0.29, 0.717) is 11.8 Å². The fourth-order valence-electron chi connectivity index (χ4n) is 6.87. The van der Waals surface area contributed by atoms with E-state index in [9.17, 15) is 0 Å². The van der Waals surface area contributed by atoms with Crippen molar-refractivity contribution in [3.05, 3.63) is 191 Å². The molecule has 1 nitrogen and oxygen atoms in total. The molecule has 1 heteroatoms. The highest BCUT2D eigenvalue weighted by atomic mass is 14.8. The zero-order valence-electron chi connectivity index (χ0n) is 27.0. The lowest BCUT2D eigenvalue weighted by Crippen LogP contribution is -2.20. The van der Waals surface area contributed by atoms with E-state index in [4.69, 9.17) is 0 Å². The molecule has 3 aromatic rings. The Morgan fingerprint density at radius 1 is 0.870 bits per heavy atom. The van der Waals surface area contributed by atoms with Crippen LogP contribution in [0.2, 0.25) is 0 Å². The van der Waals surface area contributed by atoms with Crippen LogP contribution in [-0.4, -0.2) is 0 Å². The summed E-state index contributed by atoms with van der Waals surface area (Å²) in [6.07, 6.45) is 33.7. The van der Waals surface area contributed by atoms with Crippen molar-refractivity contribution in [2.45, 2.75) is 51.4 Å². The van der Waals surface area contributed by atoms with Crippen molar-refractivity contribution in [1.82, 2.24) is 0 Å². The molecule has 3 aliphatic rings. The van der Waals surface area contributed by atoms with E-state index in [2.05, 4.69) is 165 Å². The van der Waals surface area contributed by atoms with E-state index in [1.807, 2.05) is 6.20 Å². The predicted molar refractivity (Wildman–Crippen MR) is 199 cm³/mol. The summed E-state index contributed by atoms with van der Waals surface area (Å²) >= 11 is 0. The van der Waals surface area contributed by atoms with E-state index >= 15 is 0 Å². The molecule has 2 unspecified atom stereocenters. The maximum Gasteiger partial charge on any atom is 0.0379 e. The van der Waals surface area contributed by atoms with Crippen LogP contribution in [0, 0.1) is 5.92 Å². The highest BCUT2D eigenvalue weighted by Gasteiger charge is 2.30. The monoisotopic (exact) mass is 599 g/mol. The van der Waals surface area contributed by atoms with Crippen LogP contribution in [0.15, 0.2) is 180 Å². The van der Waals surface area contributed by atoms with Gasteiger partial charge in [0, 0.05) is 17.8 Å². The number of fused-ring (bicyclic) bond motifs is 1. The molecule has 6 rings (SSSR count). The van der Waals surface area contributed by atoms with Crippen molar-refractivity contribution in [3.8, 4) is 11.1 Å². The first-order chi connectivity index (χ1) is 22.7. The van der Waals surface area contributed by atoms with Gasteiger partial charge in [0.1, 0.15) is 0 Å². The van der Waals surface area contributed by atoms with Crippen molar-refractivity contribution in [2.24, 2.45) is 5.92 Å². The second kappa shape index (κ2) is 15.4. The van der Waals surface area contributed by atoms with Crippen molar-refractivity contribution in [3.63, 3.8) is 0 Å². The lowest BCUT2D eigenvalue weighted by atomic mass is 9.70. The predicted octanol–water partition coefficient (Wildman–Crippen LogP) is 12.5. The Hall–Kier alpha value is -4.88. The summed E-state index contributed by atoms with van der Waals surface area (Å²) in [6.45, 7) is 6.51. The van der Waals surface area contributed by atoms with E-state index < -0.39 is 0 Å². The zero-order chi connectivity index (χ0) is 31.6. The smallest absolute Gasteiger partial charge is 0.0379 e. The zero-order valence-corrected chi connectivity index (χ0v) is 27.0. The van der Waals surface area contributed by atoms with Gasteiger partial charge in [-0.15, -0.1) is 0 Å². The number of hydrogen-bond acceptors (Lipinski definition) is 1. The molecule has 0 amide bonds. The first kappa shape index (κ1) is 31.1. The molecule has 3 aliphatic carbocycles. The largest absolute Gasteiger partial charge is 0.362 e. The lowest BCUT2D eigenvalue weighted by Gasteiger charge is -2.34. The summed E-state index contributed by atoms with van der Waals surface area (Å²) < 4.78 is 0. The molecule has 0 heterocycles. The summed E-state index contributed by atoms with van der Waals surface area (Å²) in [7, 11) is 0. The van der Waals surface area contributed by atoms with E-state index in [0.717, 1.165) is 31.4 Å². The van der Waals surface area contributed by atoms with Crippen molar-refractivity contribution < 1.29 is 0 Å². The van der Waals surface area contributed by atoms with Crippen molar-refractivity contribution in [2.75, 3.05) is 5.32 Å². The Labute approximate surface area is 276 Å². The molecule has 46 heavy (non-hydrogen) atoms. The summed E-state index contributed by atoms with van der Waals surface area (Å²) in [5.74, 6) is 0.871. The van der Waals surface area contributed by atoms with Gasteiger partial charge in [0.25, 0.3) is 0 Å². The van der Waals surface area contributed by atoms with Gasteiger partial charge in [0.15, 0.2) is 0 Å². The minimum absolute atomic E-state index is 0.395. The van der Waals surface area contributed by atoms with Gasteiger partial charge in [-0.1, -0.05) is 147 Å². The molecule has 0 radical (unpaired) electrons. The molecule has 3 aromatic carbocycles. The Balaban J connectivity index is 1.15. The maximum atomic E-state index is 4.22. The molecular formula is C45H45N. The van der Waals surface area contributed by atoms with Gasteiger partial charge < -0.3 is 5.32 Å². The molecule has 0 saturated carbocycles. The first-order valence-corrected chi connectivity index (χ1v) is 16.9. The standard InChI is InChI=1S/C45H45N/c1-3-14-44-42(4-2)43-21-12-11-19-40(43)33-45(44)39-28-30-41(31-29-39)46-32-13-20-37(35-15-7-5-8-16-35)25-22-34-23-26-38(27-24-34)36-17-9-6-10-18-36/h4,6-7,9-10,12-13,15-18,20-33,44-46H,2-3,5,8,11,14,19H2,1H3/b25-22-,32-13+,37-20+. The molecule has 0 aliphatic heterocycles. The maximum absolute atomic E-state index is 4.22. The number of benzene rings is 3. The van der Waals surface area contributed by atoms with Gasteiger partial charge >= 0.3 is 0 Å². The van der Waals surface area contributed by atoms with Crippen LogP contribution < -0.4 is 5.32 Å². The first-order valence-electron chi connectivity index (χ1n) is 16.9. The number of hydrogen-bond donors (Lipinski definition) is 1. The third-order valence-electron chi connectivity index (χ3n) is 9.27. The fourth-order valence-corrected chi connectivity index (χ4v) is 6.87. The van der Waals surface area contributed by atoms with Gasteiger partial charge in [0.05, 0.1) is 0 Å². The highest BCUT2D eigenvalue weighted by Crippen LogP contribution is 2.45. The van der Waals surface area contributed by atoms with E-state index in [-0.39, 0.29) is 0 Å². The quantitative estimate of drug-likeness (QED) is 0.216. The Morgan fingerprint density at radius 2 is 1.65 bits per heavy atom. The van der Waals surface area contributed by atoms with E-state index in [1.54, 1.807) is 0 Å². The Kier molecular flexibility index (Phi) is 10.4. The topological polar surface area (TPSA) is 12.0 Å². The van der Waals surface area contributed by atoms with Crippen LogP contribution in [0.4, 0.5) is 5.69 Å².